The van der Waals surface area contributed by atoms with Gasteiger partial charge in [0.25, 0.3) is 0 Å². The summed E-state index contributed by atoms with van der Waals surface area (Å²) in [5.41, 5.74) is 0. The Bertz CT molecular complexity index is 250. The van der Waals surface area contributed by atoms with E-state index in [2.05, 4.69) is 5.32 Å². The maximum Gasteiger partial charge on any atom is 0.0129 e. The Kier molecular flexibility index (Phi) is 1.60. The molecule has 3 saturated carbocycles. The van der Waals surface area contributed by atoms with Gasteiger partial charge in [-0.25, -0.2) is 0 Å². The van der Waals surface area contributed by atoms with E-state index in [0.717, 1.165) is 35.6 Å². The fourth-order valence-electron chi connectivity index (χ4n) is 4.92. The molecule has 1 saturated heterocycles. The molecule has 0 aromatic heterocycles. The average molecular weight is 191 g/mol. The van der Waals surface area contributed by atoms with E-state index in [1.807, 2.05) is 0 Å². The van der Waals surface area contributed by atoms with Gasteiger partial charge in [0.15, 0.2) is 0 Å². The van der Waals surface area contributed by atoms with Crippen molar-refractivity contribution in [2.24, 2.45) is 29.6 Å². The molecule has 1 heteroatoms. The molecule has 14 heavy (non-hydrogen) atoms. The van der Waals surface area contributed by atoms with Crippen molar-refractivity contribution in [2.45, 2.75) is 44.6 Å². The molecule has 4 rings (SSSR count). The number of hydrogen-bond donors (Lipinski definition) is 1. The lowest BCUT2D eigenvalue weighted by Crippen LogP contribution is -2.45. The van der Waals surface area contributed by atoms with Gasteiger partial charge < -0.3 is 5.32 Å². The first-order valence-electron chi connectivity index (χ1n) is 6.67. The SMILES string of the molecule is C1CC2CCC3CCC4CC4C3C2N1. The third-order valence-electron chi connectivity index (χ3n) is 5.65. The largest absolute Gasteiger partial charge is 0.313 e. The summed E-state index contributed by atoms with van der Waals surface area (Å²) in [4.78, 5) is 0. The molecule has 1 aliphatic heterocycles. The Hall–Kier alpha value is -0.0400. The topological polar surface area (TPSA) is 12.0 Å². The van der Waals surface area contributed by atoms with Gasteiger partial charge in [-0.2, -0.15) is 0 Å². The van der Waals surface area contributed by atoms with Crippen LogP contribution in [0, 0.1) is 29.6 Å². The van der Waals surface area contributed by atoms with Crippen molar-refractivity contribution < 1.29 is 0 Å². The Balaban J connectivity index is 1.63. The first-order valence-corrected chi connectivity index (χ1v) is 6.67. The molecule has 1 heterocycles. The molecule has 0 spiro atoms. The second kappa shape index (κ2) is 2.75. The molecule has 4 aliphatic rings. The molecule has 0 amide bonds. The smallest absolute Gasteiger partial charge is 0.0129 e. The Morgan fingerprint density at radius 2 is 1.57 bits per heavy atom. The highest BCUT2D eigenvalue weighted by molar-refractivity contribution is 5.07. The van der Waals surface area contributed by atoms with Crippen LogP contribution < -0.4 is 5.32 Å². The van der Waals surface area contributed by atoms with E-state index >= 15 is 0 Å². The van der Waals surface area contributed by atoms with E-state index in [9.17, 15) is 0 Å². The van der Waals surface area contributed by atoms with E-state index in [4.69, 9.17) is 0 Å². The van der Waals surface area contributed by atoms with E-state index in [0.29, 0.717) is 0 Å². The monoisotopic (exact) mass is 191 g/mol. The van der Waals surface area contributed by atoms with E-state index in [1.54, 1.807) is 25.7 Å². The average Bonchev–Trinajstić information content (AvgIpc) is 2.85. The molecular weight excluding hydrogens is 170 g/mol. The summed E-state index contributed by atoms with van der Waals surface area (Å²) in [6.45, 7) is 1.32. The van der Waals surface area contributed by atoms with Crippen LogP contribution in [0.3, 0.4) is 0 Å². The second-order valence-electron chi connectivity index (χ2n) is 6.18. The number of rotatable bonds is 0. The number of hydrogen-bond acceptors (Lipinski definition) is 1. The van der Waals surface area contributed by atoms with Crippen molar-refractivity contribution in [3.63, 3.8) is 0 Å². The summed E-state index contributed by atoms with van der Waals surface area (Å²) >= 11 is 0. The van der Waals surface area contributed by atoms with Crippen molar-refractivity contribution in [1.29, 1.82) is 0 Å². The van der Waals surface area contributed by atoms with E-state index in [1.165, 1.54) is 19.4 Å². The maximum absolute atomic E-state index is 3.81. The second-order valence-corrected chi connectivity index (χ2v) is 6.18. The van der Waals surface area contributed by atoms with Gasteiger partial charge in [0.1, 0.15) is 0 Å². The van der Waals surface area contributed by atoms with Crippen molar-refractivity contribution >= 4 is 0 Å². The molecule has 0 bridgehead atoms. The maximum atomic E-state index is 3.81. The highest BCUT2D eigenvalue weighted by atomic mass is 15.0. The first-order chi connectivity index (χ1) is 6.93. The van der Waals surface area contributed by atoms with Crippen LogP contribution >= 0.6 is 0 Å². The third kappa shape index (κ3) is 0.997. The lowest BCUT2D eigenvalue weighted by atomic mass is 9.65. The van der Waals surface area contributed by atoms with Crippen LogP contribution in [0.2, 0.25) is 0 Å². The molecule has 1 nitrogen and oxygen atoms in total. The van der Waals surface area contributed by atoms with Gasteiger partial charge in [-0.05, 0) is 74.7 Å². The molecular formula is C13H21N. The summed E-state index contributed by atoms with van der Waals surface area (Å²) in [5, 5.41) is 3.81. The Morgan fingerprint density at radius 3 is 2.50 bits per heavy atom. The highest BCUT2D eigenvalue weighted by Crippen LogP contribution is 2.60. The molecule has 3 aliphatic carbocycles. The molecule has 6 atom stereocenters. The van der Waals surface area contributed by atoms with Crippen LogP contribution in [-0.2, 0) is 0 Å². The fraction of sp³-hybridized carbons (Fsp3) is 1.00. The van der Waals surface area contributed by atoms with Crippen molar-refractivity contribution in [3.8, 4) is 0 Å². The summed E-state index contributed by atoms with van der Waals surface area (Å²) < 4.78 is 0. The molecule has 1 N–H and O–H groups in total. The zero-order valence-electron chi connectivity index (χ0n) is 8.91. The quantitative estimate of drug-likeness (QED) is 0.620. The Labute approximate surface area is 86.6 Å². The molecule has 0 aromatic carbocycles. The number of nitrogens with one attached hydrogen (secondary N) is 1. The van der Waals surface area contributed by atoms with Crippen molar-refractivity contribution in [3.05, 3.63) is 0 Å². The minimum absolute atomic E-state index is 0.948. The summed E-state index contributed by atoms with van der Waals surface area (Å²) in [6.07, 6.45) is 9.31. The highest BCUT2D eigenvalue weighted by Gasteiger charge is 2.55. The summed E-state index contributed by atoms with van der Waals surface area (Å²) in [6, 6.07) is 0.948. The van der Waals surface area contributed by atoms with Crippen LogP contribution in [0.4, 0.5) is 0 Å². The van der Waals surface area contributed by atoms with Gasteiger partial charge >= 0.3 is 0 Å². The minimum Gasteiger partial charge on any atom is -0.313 e. The normalized spacial score (nSPS) is 60.0. The van der Waals surface area contributed by atoms with Crippen LogP contribution in [0.5, 0.6) is 0 Å². The molecule has 4 fully saturated rings. The molecule has 78 valence electrons. The number of fused-ring (bicyclic) bond motifs is 5. The Morgan fingerprint density at radius 1 is 0.786 bits per heavy atom. The van der Waals surface area contributed by atoms with Crippen LogP contribution in [0.25, 0.3) is 0 Å². The van der Waals surface area contributed by atoms with Gasteiger partial charge in [0, 0.05) is 6.04 Å². The van der Waals surface area contributed by atoms with Crippen LogP contribution in [-0.4, -0.2) is 12.6 Å². The first kappa shape index (κ1) is 8.15. The van der Waals surface area contributed by atoms with E-state index in [-0.39, 0.29) is 0 Å². The standard InChI is InChI=1S/C13H21N/c1-3-9-5-6-14-13(9)12-8(1)2-4-10-7-11(10)12/h8-14H,1-7H2. The molecule has 0 radical (unpaired) electrons. The summed E-state index contributed by atoms with van der Waals surface area (Å²) in [7, 11) is 0. The lowest BCUT2D eigenvalue weighted by molar-refractivity contribution is 0.0945. The van der Waals surface area contributed by atoms with Gasteiger partial charge in [-0.3, -0.25) is 0 Å². The fourth-order valence-corrected chi connectivity index (χ4v) is 4.92. The minimum atomic E-state index is 0.948. The zero-order chi connectivity index (χ0) is 9.12. The zero-order valence-corrected chi connectivity index (χ0v) is 8.91. The van der Waals surface area contributed by atoms with Gasteiger partial charge in [-0.1, -0.05) is 0 Å². The third-order valence-corrected chi connectivity index (χ3v) is 5.65. The van der Waals surface area contributed by atoms with Gasteiger partial charge in [0.05, 0.1) is 0 Å². The van der Waals surface area contributed by atoms with Gasteiger partial charge in [-0.15, -0.1) is 0 Å². The predicted molar refractivity (Wildman–Crippen MR) is 56.9 cm³/mol. The van der Waals surface area contributed by atoms with E-state index < -0.39 is 0 Å². The molecule has 6 unspecified atom stereocenters. The van der Waals surface area contributed by atoms with Crippen molar-refractivity contribution in [1.82, 2.24) is 5.32 Å². The van der Waals surface area contributed by atoms with Crippen LogP contribution in [0.15, 0.2) is 0 Å². The van der Waals surface area contributed by atoms with Crippen LogP contribution in [0.1, 0.15) is 38.5 Å². The molecule has 0 aromatic rings. The predicted octanol–water partition coefficient (Wildman–Crippen LogP) is 2.42. The van der Waals surface area contributed by atoms with Crippen molar-refractivity contribution in [2.75, 3.05) is 6.54 Å². The summed E-state index contributed by atoms with van der Waals surface area (Å²) in [5.74, 6) is 5.61. The van der Waals surface area contributed by atoms with Gasteiger partial charge in [0.2, 0.25) is 0 Å². The lowest BCUT2D eigenvalue weighted by Gasteiger charge is -2.43.